The monoisotopic (exact) mass is 383 g/mol. The molecule has 1 saturated heterocycles. The van der Waals surface area contributed by atoms with Crippen LogP contribution in [0.4, 0.5) is 10.5 Å². The lowest BCUT2D eigenvalue weighted by molar-refractivity contribution is 0.207. The Balaban J connectivity index is 1.62. The minimum Gasteiger partial charge on any atom is -0.320 e. The summed E-state index contributed by atoms with van der Waals surface area (Å²) in [5, 5.41) is 3.57. The van der Waals surface area contributed by atoms with Crippen molar-refractivity contribution < 1.29 is 4.79 Å². The molecule has 0 bridgehead atoms. The molecule has 1 aliphatic rings. The topological polar surface area (TPSA) is 35.6 Å². The summed E-state index contributed by atoms with van der Waals surface area (Å²) >= 11 is 6.02. The molecule has 142 valence electrons. The fourth-order valence-electron chi connectivity index (χ4n) is 3.19. The van der Waals surface area contributed by atoms with Crippen LogP contribution >= 0.6 is 11.6 Å². The number of nitrogens with zero attached hydrogens (tertiary/aromatic N) is 2. The molecule has 0 atom stereocenters. The summed E-state index contributed by atoms with van der Waals surface area (Å²) in [5.74, 6) is 0. The number of amides is 2. The van der Waals surface area contributed by atoms with Gasteiger partial charge in [0, 0.05) is 30.3 Å². The number of rotatable bonds is 7. The van der Waals surface area contributed by atoms with Gasteiger partial charge in [0.15, 0.2) is 0 Å². The van der Waals surface area contributed by atoms with Crippen LogP contribution in [0.2, 0.25) is 5.02 Å². The molecule has 27 heavy (non-hydrogen) atoms. The van der Waals surface area contributed by atoms with E-state index < -0.39 is 0 Å². The molecule has 0 aromatic heterocycles. The van der Waals surface area contributed by atoms with E-state index in [4.69, 9.17) is 11.6 Å². The first kappa shape index (κ1) is 19.5. The molecule has 0 radical (unpaired) electrons. The maximum atomic E-state index is 12.8. The lowest BCUT2D eigenvalue weighted by atomic mass is 10.2. The normalized spacial score (nSPS) is 14.6. The Morgan fingerprint density at radius 3 is 2.63 bits per heavy atom. The summed E-state index contributed by atoms with van der Waals surface area (Å²) in [6.45, 7) is 4.43. The van der Waals surface area contributed by atoms with Crippen LogP contribution in [-0.4, -0.2) is 48.6 Å². The van der Waals surface area contributed by atoms with Gasteiger partial charge >= 0.3 is 6.03 Å². The van der Waals surface area contributed by atoms with Crippen molar-refractivity contribution in [2.75, 3.05) is 38.0 Å². The van der Waals surface area contributed by atoms with Crippen molar-refractivity contribution in [3.8, 4) is 0 Å². The van der Waals surface area contributed by atoms with Gasteiger partial charge < -0.3 is 15.1 Å². The molecule has 0 saturated carbocycles. The number of likely N-dealkylation sites (tertiary alicyclic amines) is 1. The quantitative estimate of drug-likeness (QED) is 0.731. The summed E-state index contributed by atoms with van der Waals surface area (Å²) in [6.07, 6.45) is 6.59. The highest BCUT2D eigenvalue weighted by Gasteiger charge is 2.16. The number of nitrogens with one attached hydrogen (secondary N) is 1. The largest absolute Gasteiger partial charge is 0.322 e. The van der Waals surface area contributed by atoms with Crippen LogP contribution in [-0.2, 0) is 0 Å². The predicted molar refractivity (Wildman–Crippen MR) is 113 cm³/mol. The number of carbonyl (C=O) groups excluding carboxylic acids is 1. The molecule has 1 N–H and O–H groups in total. The lowest BCUT2D eigenvalue weighted by Gasteiger charge is -2.24. The molecule has 1 heterocycles. The summed E-state index contributed by atoms with van der Waals surface area (Å²) in [5.41, 5.74) is 1.85. The summed E-state index contributed by atoms with van der Waals surface area (Å²) in [4.78, 5) is 17.1. The van der Waals surface area contributed by atoms with E-state index in [2.05, 4.69) is 28.4 Å². The molecule has 3 rings (SSSR count). The van der Waals surface area contributed by atoms with Crippen molar-refractivity contribution >= 4 is 29.4 Å². The van der Waals surface area contributed by atoms with Crippen molar-refractivity contribution in [1.82, 2.24) is 9.80 Å². The molecule has 2 aromatic rings. The van der Waals surface area contributed by atoms with Crippen molar-refractivity contribution in [1.29, 1.82) is 0 Å². The highest BCUT2D eigenvalue weighted by Crippen LogP contribution is 2.15. The van der Waals surface area contributed by atoms with Crippen LogP contribution in [0.3, 0.4) is 0 Å². The van der Waals surface area contributed by atoms with Gasteiger partial charge in [-0.2, -0.15) is 0 Å². The molecule has 0 unspecified atom stereocenters. The molecule has 0 spiro atoms. The Labute approximate surface area is 166 Å². The summed E-state index contributed by atoms with van der Waals surface area (Å²) in [6, 6.07) is 17.3. The van der Waals surface area contributed by atoms with Crippen LogP contribution in [0.15, 0.2) is 60.7 Å². The van der Waals surface area contributed by atoms with Crippen molar-refractivity contribution in [3.63, 3.8) is 0 Å². The Bertz CT molecular complexity index is 757. The van der Waals surface area contributed by atoms with E-state index in [1.807, 2.05) is 41.3 Å². The predicted octanol–water partition coefficient (Wildman–Crippen LogP) is 4.98. The second kappa shape index (κ2) is 10.1. The molecule has 4 nitrogen and oxygen atoms in total. The van der Waals surface area contributed by atoms with E-state index in [1.165, 1.54) is 12.8 Å². The number of carbonyl (C=O) groups is 1. The maximum Gasteiger partial charge on any atom is 0.322 e. The van der Waals surface area contributed by atoms with E-state index in [1.54, 1.807) is 12.1 Å². The zero-order valence-corrected chi connectivity index (χ0v) is 16.2. The van der Waals surface area contributed by atoms with Crippen LogP contribution < -0.4 is 5.32 Å². The SMILES string of the molecule is O=C(Nc1cccc(Cl)c1)N(C/C=C/c1ccccc1)CCN1CCCC1. The van der Waals surface area contributed by atoms with Gasteiger partial charge in [-0.15, -0.1) is 0 Å². The number of hydrogen-bond donors (Lipinski definition) is 1. The van der Waals surface area contributed by atoms with Gasteiger partial charge in [0.1, 0.15) is 0 Å². The highest BCUT2D eigenvalue weighted by atomic mass is 35.5. The number of halogens is 1. The highest BCUT2D eigenvalue weighted by molar-refractivity contribution is 6.30. The van der Waals surface area contributed by atoms with E-state index in [0.29, 0.717) is 23.8 Å². The van der Waals surface area contributed by atoms with Crippen LogP contribution in [0.5, 0.6) is 0 Å². The molecular weight excluding hydrogens is 358 g/mol. The Morgan fingerprint density at radius 1 is 1.11 bits per heavy atom. The zero-order valence-electron chi connectivity index (χ0n) is 15.5. The second-order valence-electron chi connectivity index (χ2n) is 6.75. The van der Waals surface area contributed by atoms with Gasteiger partial charge in [0.05, 0.1) is 0 Å². The van der Waals surface area contributed by atoms with Crippen LogP contribution in [0.1, 0.15) is 18.4 Å². The molecule has 2 aromatic carbocycles. The number of benzene rings is 2. The van der Waals surface area contributed by atoms with E-state index in [9.17, 15) is 4.79 Å². The summed E-state index contributed by atoms with van der Waals surface area (Å²) in [7, 11) is 0. The van der Waals surface area contributed by atoms with Gasteiger partial charge in [0.25, 0.3) is 0 Å². The number of urea groups is 1. The smallest absolute Gasteiger partial charge is 0.320 e. The number of hydrogen-bond acceptors (Lipinski definition) is 2. The van der Waals surface area contributed by atoms with Crippen molar-refractivity contribution in [3.05, 3.63) is 71.3 Å². The average molecular weight is 384 g/mol. The Hall–Kier alpha value is -2.30. The third-order valence-corrected chi connectivity index (χ3v) is 4.92. The fraction of sp³-hybridized carbons (Fsp3) is 0.318. The first-order chi connectivity index (χ1) is 13.2. The van der Waals surface area contributed by atoms with Crippen molar-refractivity contribution in [2.45, 2.75) is 12.8 Å². The molecule has 0 aliphatic carbocycles. The van der Waals surface area contributed by atoms with E-state index in [0.717, 1.165) is 25.2 Å². The Kier molecular flexibility index (Phi) is 7.31. The van der Waals surface area contributed by atoms with Gasteiger partial charge in [0.2, 0.25) is 0 Å². The minimum absolute atomic E-state index is 0.103. The van der Waals surface area contributed by atoms with E-state index >= 15 is 0 Å². The second-order valence-corrected chi connectivity index (χ2v) is 7.18. The van der Waals surface area contributed by atoms with Crippen LogP contribution in [0, 0.1) is 0 Å². The lowest BCUT2D eigenvalue weighted by Crippen LogP contribution is -2.40. The standard InChI is InChI=1S/C22H26ClN3O/c23-20-11-6-12-21(18-20)24-22(27)26(17-16-25-13-4-5-14-25)15-7-10-19-8-2-1-3-9-19/h1-3,6-12,18H,4-5,13-17H2,(H,24,27)/b10-7+. The third-order valence-electron chi connectivity index (χ3n) is 4.68. The van der Waals surface area contributed by atoms with E-state index in [-0.39, 0.29) is 6.03 Å². The molecule has 5 heteroatoms. The van der Waals surface area contributed by atoms with Gasteiger partial charge in [-0.3, -0.25) is 0 Å². The van der Waals surface area contributed by atoms with Crippen molar-refractivity contribution in [2.24, 2.45) is 0 Å². The third kappa shape index (κ3) is 6.42. The minimum atomic E-state index is -0.103. The van der Waals surface area contributed by atoms with Gasteiger partial charge in [-0.1, -0.05) is 60.2 Å². The fourth-order valence-corrected chi connectivity index (χ4v) is 3.38. The average Bonchev–Trinajstić information content (AvgIpc) is 3.19. The molecule has 2 amide bonds. The molecular formula is C22H26ClN3O. The maximum absolute atomic E-state index is 12.8. The molecule has 1 aliphatic heterocycles. The van der Waals surface area contributed by atoms with Crippen LogP contribution in [0.25, 0.3) is 6.08 Å². The van der Waals surface area contributed by atoms with Gasteiger partial charge in [-0.25, -0.2) is 4.79 Å². The zero-order chi connectivity index (χ0) is 18.9. The first-order valence-electron chi connectivity index (χ1n) is 9.46. The number of anilines is 1. The van der Waals surface area contributed by atoms with Gasteiger partial charge in [-0.05, 0) is 49.7 Å². The summed E-state index contributed by atoms with van der Waals surface area (Å²) < 4.78 is 0. The Morgan fingerprint density at radius 2 is 1.89 bits per heavy atom. The molecule has 1 fully saturated rings. The first-order valence-corrected chi connectivity index (χ1v) is 9.84.